The number of carbonyl (C=O) groups excluding carboxylic acids is 1. The number of hydrogen-bond donors (Lipinski definition) is 1. The van der Waals surface area contributed by atoms with Gasteiger partial charge in [-0.15, -0.1) is 0 Å². The highest BCUT2D eigenvalue weighted by Gasteiger charge is 2.20. The summed E-state index contributed by atoms with van der Waals surface area (Å²) in [5.74, 6) is -1.21. The molecular weight excluding hydrogens is 375 g/mol. The number of pyridine rings is 1. The molecule has 0 aliphatic carbocycles. The normalized spacial score (nSPS) is 11.0. The first-order valence-electron chi connectivity index (χ1n) is 8.01. The lowest BCUT2D eigenvalue weighted by Gasteiger charge is -2.04. The van der Waals surface area contributed by atoms with Crippen LogP contribution < -0.4 is 0 Å². The summed E-state index contributed by atoms with van der Waals surface area (Å²) >= 11 is 11.9. The highest BCUT2D eigenvalue weighted by Crippen LogP contribution is 2.24. The smallest absolute Gasteiger partial charge is 0.309 e. The molecule has 0 fully saturated rings. The summed E-state index contributed by atoms with van der Waals surface area (Å²) in [5.41, 5.74) is 3.04. The van der Waals surface area contributed by atoms with Crippen LogP contribution >= 0.6 is 23.2 Å². The van der Waals surface area contributed by atoms with E-state index in [4.69, 9.17) is 23.2 Å². The Balaban J connectivity index is 1.89. The van der Waals surface area contributed by atoms with Crippen LogP contribution in [0.5, 0.6) is 0 Å². The Morgan fingerprint density at radius 3 is 2.62 bits per heavy atom. The largest absolute Gasteiger partial charge is 0.481 e. The van der Waals surface area contributed by atoms with Crippen molar-refractivity contribution in [2.45, 2.75) is 26.2 Å². The van der Waals surface area contributed by atoms with E-state index in [2.05, 4.69) is 4.98 Å². The number of aryl methyl sites for hydroxylation is 2. The van der Waals surface area contributed by atoms with E-state index in [0.717, 1.165) is 11.1 Å². The van der Waals surface area contributed by atoms with Gasteiger partial charge in [0, 0.05) is 12.6 Å². The van der Waals surface area contributed by atoms with Crippen LogP contribution in [0.2, 0.25) is 10.0 Å². The van der Waals surface area contributed by atoms with Crippen LogP contribution in [0.1, 0.15) is 33.7 Å². The van der Waals surface area contributed by atoms with E-state index < -0.39 is 5.97 Å². The monoisotopic (exact) mass is 390 g/mol. The minimum absolute atomic E-state index is 0.200. The lowest BCUT2D eigenvalue weighted by atomic mass is 10.0. The van der Waals surface area contributed by atoms with Crippen LogP contribution in [-0.4, -0.2) is 26.2 Å². The number of rotatable bonds is 6. The zero-order valence-electron chi connectivity index (χ0n) is 14.0. The number of aliphatic carboxylic acids is 1. The lowest BCUT2D eigenvalue weighted by molar-refractivity contribution is -0.136. The number of Topliss-reactive ketones (excluding diaryl/α,β-unsaturated/α-hetero) is 1. The molecule has 0 aliphatic rings. The first-order chi connectivity index (χ1) is 12.3. The quantitative estimate of drug-likeness (QED) is 0.633. The van der Waals surface area contributed by atoms with Crippen LogP contribution in [0.3, 0.4) is 0 Å². The summed E-state index contributed by atoms with van der Waals surface area (Å²) in [6.07, 6.45) is 2.15. The molecule has 7 heteroatoms. The molecule has 0 radical (unpaired) electrons. The van der Waals surface area contributed by atoms with Crippen LogP contribution in [0, 0.1) is 6.92 Å². The van der Waals surface area contributed by atoms with Gasteiger partial charge in [-0.2, -0.15) is 0 Å². The second-order valence-electron chi connectivity index (χ2n) is 6.08. The SMILES string of the molecule is Cc1ccn2c(CC(=O)O)c(C(=O)CCc3ccc(Cl)c(Cl)c3)nc2c1. The lowest BCUT2D eigenvalue weighted by Crippen LogP contribution is -2.10. The van der Waals surface area contributed by atoms with Crippen molar-refractivity contribution in [3.05, 3.63) is 69.1 Å². The number of nitrogens with zero attached hydrogens (tertiary/aromatic N) is 2. The van der Waals surface area contributed by atoms with Gasteiger partial charge in [0.25, 0.3) is 0 Å². The van der Waals surface area contributed by atoms with Crippen molar-refractivity contribution in [2.75, 3.05) is 0 Å². The molecular formula is C19H16Cl2N2O3. The minimum atomic E-state index is -1.01. The summed E-state index contributed by atoms with van der Waals surface area (Å²) in [5, 5.41) is 10.1. The van der Waals surface area contributed by atoms with Crippen molar-refractivity contribution in [1.82, 2.24) is 9.38 Å². The number of ketones is 1. The van der Waals surface area contributed by atoms with Crippen molar-refractivity contribution < 1.29 is 14.7 Å². The second kappa shape index (κ2) is 7.48. The standard InChI is InChI=1S/C19H16Cl2N2O3/c1-11-6-7-23-15(10-18(25)26)19(22-17(23)8-11)16(24)5-3-12-2-4-13(20)14(21)9-12/h2,4,6-9H,3,5,10H2,1H3,(H,25,26). The third-order valence-electron chi connectivity index (χ3n) is 4.09. The zero-order valence-corrected chi connectivity index (χ0v) is 15.5. The van der Waals surface area contributed by atoms with Crippen LogP contribution in [0.4, 0.5) is 0 Å². The zero-order chi connectivity index (χ0) is 18.8. The molecule has 0 unspecified atom stereocenters. The van der Waals surface area contributed by atoms with E-state index in [9.17, 15) is 14.7 Å². The number of imidazole rings is 1. The third kappa shape index (κ3) is 3.89. The minimum Gasteiger partial charge on any atom is -0.481 e. The van der Waals surface area contributed by atoms with E-state index in [1.165, 1.54) is 0 Å². The summed E-state index contributed by atoms with van der Waals surface area (Å²) < 4.78 is 1.66. The average molecular weight is 391 g/mol. The molecule has 2 aromatic heterocycles. The average Bonchev–Trinajstić information content (AvgIpc) is 2.92. The first kappa shape index (κ1) is 18.4. The molecule has 0 atom stereocenters. The van der Waals surface area contributed by atoms with Gasteiger partial charge in [-0.3, -0.25) is 9.59 Å². The molecule has 5 nitrogen and oxygen atoms in total. The van der Waals surface area contributed by atoms with Gasteiger partial charge < -0.3 is 9.51 Å². The molecule has 0 amide bonds. The van der Waals surface area contributed by atoms with Gasteiger partial charge in [0.2, 0.25) is 0 Å². The maximum absolute atomic E-state index is 12.7. The number of carbonyl (C=O) groups is 2. The Kier molecular flexibility index (Phi) is 5.30. The molecule has 0 aliphatic heterocycles. The van der Waals surface area contributed by atoms with Crippen LogP contribution in [0.25, 0.3) is 5.65 Å². The van der Waals surface area contributed by atoms with Crippen LogP contribution in [0.15, 0.2) is 36.5 Å². The number of hydrogen-bond acceptors (Lipinski definition) is 3. The van der Waals surface area contributed by atoms with E-state index in [-0.39, 0.29) is 24.3 Å². The van der Waals surface area contributed by atoms with Crippen molar-refractivity contribution in [3.63, 3.8) is 0 Å². The van der Waals surface area contributed by atoms with Gasteiger partial charge in [-0.1, -0.05) is 29.3 Å². The fourth-order valence-corrected chi connectivity index (χ4v) is 3.12. The predicted octanol–water partition coefficient (Wildman–Crippen LogP) is 4.39. The molecule has 3 rings (SSSR count). The van der Waals surface area contributed by atoms with E-state index in [1.54, 1.807) is 22.7 Å². The van der Waals surface area contributed by atoms with Gasteiger partial charge in [-0.05, 0) is 48.7 Å². The van der Waals surface area contributed by atoms with Gasteiger partial charge in [0.15, 0.2) is 5.78 Å². The van der Waals surface area contributed by atoms with Crippen molar-refractivity contribution in [1.29, 1.82) is 0 Å². The Morgan fingerprint density at radius 1 is 1.15 bits per heavy atom. The van der Waals surface area contributed by atoms with Gasteiger partial charge in [0.1, 0.15) is 11.3 Å². The van der Waals surface area contributed by atoms with Crippen molar-refractivity contribution in [2.24, 2.45) is 0 Å². The topological polar surface area (TPSA) is 71.7 Å². The van der Waals surface area contributed by atoms with Gasteiger partial charge in [0.05, 0.1) is 22.2 Å². The van der Waals surface area contributed by atoms with E-state index in [1.807, 2.05) is 25.1 Å². The number of carboxylic acid groups (broad SMARTS) is 1. The first-order valence-corrected chi connectivity index (χ1v) is 8.77. The summed E-state index contributed by atoms with van der Waals surface area (Å²) in [4.78, 5) is 28.3. The molecule has 0 bridgehead atoms. The van der Waals surface area contributed by atoms with Crippen molar-refractivity contribution in [3.8, 4) is 0 Å². The molecule has 3 aromatic rings. The van der Waals surface area contributed by atoms with E-state index in [0.29, 0.717) is 27.8 Å². The van der Waals surface area contributed by atoms with E-state index >= 15 is 0 Å². The Bertz CT molecular complexity index is 1010. The molecule has 134 valence electrons. The fourth-order valence-electron chi connectivity index (χ4n) is 2.80. The number of halogens is 2. The summed E-state index contributed by atoms with van der Waals surface area (Å²) in [6, 6.07) is 8.90. The summed E-state index contributed by atoms with van der Waals surface area (Å²) in [7, 11) is 0. The maximum Gasteiger partial charge on any atom is 0.309 e. The molecule has 2 heterocycles. The predicted molar refractivity (Wildman–Crippen MR) is 100 cm³/mol. The van der Waals surface area contributed by atoms with Gasteiger partial charge in [-0.25, -0.2) is 4.98 Å². The maximum atomic E-state index is 12.7. The Morgan fingerprint density at radius 2 is 1.92 bits per heavy atom. The fraction of sp³-hybridized carbons (Fsp3) is 0.211. The molecule has 0 saturated heterocycles. The highest BCUT2D eigenvalue weighted by atomic mass is 35.5. The Hall–Kier alpha value is -2.37. The molecule has 1 N–H and O–H groups in total. The van der Waals surface area contributed by atoms with Crippen molar-refractivity contribution >= 4 is 40.6 Å². The highest BCUT2D eigenvalue weighted by molar-refractivity contribution is 6.42. The molecule has 26 heavy (non-hydrogen) atoms. The molecule has 1 aromatic carbocycles. The number of carboxylic acids is 1. The number of benzene rings is 1. The molecule has 0 saturated carbocycles. The van der Waals surface area contributed by atoms with Crippen LogP contribution in [-0.2, 0) is 17.6 Å². The van der Waals surface area contributed by atoms with Gasteiger partial charge >= 0.3 is 5.97 Å². The third-order valence-corrected chi connectivity index (χ3v) is 4.83. The number of fused-ring (bicyclic) bond motifs is 1. The Labute approximate surface area is 160 Å². The second-order valence-corrected chi connectivity index (χ2v) is 6.90. The molecule has 0 spiro atoms. The number of aromatic nitrogens is 2. The summed E-state index contributed by atoms with van der Waals surface area (Å²) in [6.45, 7) is 1.91.